The fourth-order valence-electron chi connectivity index (χ4n) is 2.02. The van der Waals surface area contributed by atoms with Gasteiger partial charge in [0.2, 0.25) is 0 Å². The van der Waals surface area contributed by atoms with Crippen molar-refractivity contribution in [3.05, 3.63) is 41.5 Å². The summed E-state index contributed by atoms with van der Waals surface area (Å²) in [6.07, 6.45) is 2.13. The summed E-state index contributed by atoms with van der Waals surface area (Å²) >= 11 is 0. The zero-order valence-corrected chi connectivity index (χ0v) is 14.3. The maximum absolute atomic E-state index is 12.4. The van der Waals surface area contributed by atoms with Crippen LogP contribution in [0, 0.1) is 11.3 Å². The first-order valence-electron chi connectivity index (χ1n) is 7.07. The van der Waals surface area contributed by atoms with Crippen molar-refractivity contribution in [1.29, 1.82) is 5.26 Å². The average Bonchev–Trinajstić information content (AvgIpc) is 2.47. The number of hydrogen-bond acceptors (Lipinski definition) is 3. The summed E-state index contributed by atoms with van der Waals surface area (Å²) in [5.41, 5.74) is 1.98. The Morgan fingerprint density at radius 1 is 1.32 bits per heavy atom. The summed E-state index contributed by atoms with van der Waals surface area (Å²) in [5, 5.41) is 8.71. The van der Waals surface area contributed by atoms with Crippen LogP contribution in [0.25, 0.3) is 6.08 Å². The molecule has 0 heterocycles. The number of benzene rings is 1. The van der Waals surface area contributed by atoms with Gasteiger partial charge in [-0.25, -0.2) is 0 Å². The molecule has 0 aliphatic rings. The topological polar surface area (TPSA) is 64.4 Å². The maximum Gasteiger partial charge on any atom is 0.282 e. The summed E-state index contributed by atoms with van der Waals surface area (Å²) in [6, 6.07) is 11.4. The van der Waals surface area contributed by atoms with E-state index in [0.717, 1.165) is 11.1 Å². The highest BCUT2D eigenvalue weighted by Crippen LogP contribution is 2.14. The molecule has 22 heavy (non-hydrogen) atoms. The monoisotopic (exact) mass is 321 g/mol. The molecule has 0 saturated carbocycles. The minimum Gasteiger partial charge on any atom is -0.198 e. The zero-order chi connectivity index (χ0) is 16.8. The van der Waals surface area contributed by atoms with Crippen molar-refractivity contribution < 1.29 is 8.42 Å². The summed E-state index contributed by atoms with van der Waals surface area (Å²) in [6.45, 7) is 3.93. The Hall–Kier alpha value is -1.68. The summed E-state index contributed by atoms with van der Waals surface area (Å²) in [7, 11) is -0.520. The van der Waals surface area contributed by atoms with Gasteiger partial charge in [-0.15, -0.1) is 0 Å². The Labute approximate surface area is 133 Å². The van der Waals surface area contributed by atoms with Crippen LogP contribution in [0.1, 0.15) is 25.8 Å². The third-order valence-electron chi connectivity index (χ3n) is 3.45. The van der Waals surface area contributed by atoms with E-state index >= 15 is 0 Å². The van der Waals surface area contributed by atoms with Gasteiger partial charge in [0.05, 0.1) is 12.5 Å². The van der Waals surface area contributed by atoms with Crippen LogP contribution in [-0.4, -0.2) is 43.7 Å². The molecule has 0 bridgehead atoms. The van der Waals surface area contributed by atoms with Crippen molar-refractivity contribution in [1.82, 2.24) is 8.61 Å². The number of likely N-dealkylation sites (N-methyl/N-ethyl adjacent to an activating group) is 1. The number of nitriles is 1. The smallest absolute Gasteiger partial charge is 0.198 e. The predicted molar refractivity (Wildman–Crippen MR) is 89.1 cm³/mol. The first-order valence-corrected chi connectivity index (χ1v) is 8.47. The standard InChI is InChI=1S/C16H23N3O2S/c1-14(12-16-8-6-5-7-9-16)13-18(3)22(20,21)19(4)15(2)10-11-17/h5-9,12,15H,10,13H2,1-4H3/b14-12+/t15-/m0/s1. The van der Waals surface area contributed by atoms with E-state index < -0.39 is 10.2 Å². The molecular weight excluding hydrogens is 298 g/mol. The Morgan fingerprint density at radius 2 is 1.91 bits per heavy atom. The molecule has 0 radical (unpaired) electrons. The third-order valence-corrected chi connectivity index (χ3v) is 5.45. The van der Waals surface area contributed by atoms with Crippen LogP contribution in [0.2, 0.25) is 0 Å². The molecule has 0 amide bonds. The highest BCUT2D eigenvalue weighted by molar-refractivity contribution is 7.86. The van der Waals surface area contributed by atoms with Crippen LogP contribution in [0.4, 0.5) is 0 Å². The largest absolute Gasteiger partial charge is 0.282 e. The highest BCUT2D eigenvalue weighted by Gasteiger charge is 2.27. The van der Waals surface area contributed by atoms with Crippen LogP contribution in [0.15, 0.2) is 35.9 Å². The first-order chi connectivity index (χ1) is 10.3. The highest BCUT2D eigenvalue weighted by atomic mass is 32.2. The van der Waals surface area contributed by atoms with Gasteiger partial charge in [-0.1, -0.05) is 42.0 Å². The van der Waals surface area contributed by atoms with Crippen molar-refractivity contribution in [3.8, 4) is 6.07 Å². The van der Waals surface area contributed by atoms with Crippen LogP contribution >= 0.6 is 0 Å². The van der Waals surface area contributed by atoms with E-state index in [9.17, 15) is 8.42 Å². The van der Waals surface area contributed by atoms with Gasteiger partial charge in [-0.2, -0.15) is 22.3 Å². The predicted octanol–water partition coefficient (Wildman–Crippen LogP) is 2.50. The molecule has 1 rings (SSSR count). The fraction of sp³-hybridized carbons (Fsp3) is 0.438. The second-order valence-corrected chi connectivity index (χ2v) is 7.49. The minimum absolute atomic E-state index is 0.169. The average molecular weight is 321 g/mol. The summed E-state index contributed by atoms with van der Waals surface area (Å²) in [4.78, 5) is 0. The third kappa shape index (κ3) is 4.95. The van der Waals surface area contributed by atoms with Crippen LogP contribution < -0.4 is 0 Å². The Bertz CT molecular complexity index is 648. The van der Waals surface area contributed by atoms with Crippen LogP contribution in [0.5, 0.6) is 0 Å². The minimum atomic E-state index is -3.57. The van der Waals surface area contributed by atoms with Crippen molar-refractivity contribution in [2.24, 2.45) is 0 Å². The molecule has 0 N–H and O–H groups in total. The second kappa shape index (κ2) is 8.08. The first kappa shape index (κ1) is 18.4. The Morgan fingerprint density at radius 3 is 2.45 bits per heavy atom. The van der Waals surface area contributed by atoms with E-state index in [2.05, 4.69) is 0 Å². The fourth-order valence-corrected chi connectivity index (χ4v) is 3.36. The van der Waals surface area contributed by atoms with Crippen molar-refractivity contribution in [3.63, 3.8) is 0 Å². The van der Waals surface area contributed by atoms with E-state index in [-0.39, 0.29) is 12.5 Å². The normalized spacial score (nSPS) is 14.1. The molecule has 6 heteroatoms. The molecule has 0 spiro atoms. The Balaban J connectivity index is 2.81. The number of hydrogen-bond donors (Lipinski definition) is 0. The number of rotatable bonds is 7. The molecule has 5 nitrogen and oxygen atoms in total. The molecule has 0 fully saturated rings. The lowest BCUT2D eigenvalue weighted by Crippen LogP contribution is -2.44. The van der Waals surface area contributed by atoms with Gasteiger partial charge in [0, 0.05) is 26.7 Å². The van der Waals surface area contributed by atoms with Crippen LogP contribution in [-0.2, 0) is 10.2 Å². The van der Waals surface area contributed by atoms with Crippen molar-refractivity contribution in [2.75, 3.05) is 20.6 Å². The van der Waals surface area contributed by atoms with Gasteiger partial charge in [0.1, 0.15) is 0 Å². The van der Waals surface area contributed by atoms with Gasteiger partial charge in [-0.05, 0) is 19.4 Å². The van der Waals surface area contributed by atoms with Crippen LogP contribution in [0.3, 0.4) is 0 Å². The molecule has 1 aromatic rings. The zero-order valence-electron chi connectivity index (χ0n) is 13.5. The van der Waals surface area contributed by atoms with E-state index in [0.29, 0.717) is 6.54 Å². The maximum atomic E-state index is 12.4. The van der Waals surface area contributed by atoms with Crippen molar-refractivity contribution >= 4 is 16.3 Å². The molecule has 0 aliphatic carbocycles. The summed E-state index contributed by atoms with van der Waals surface area (Å²) < 4.78 is 27.4. The number of nitrogens with zero attached hydrogens (tertiary/aromatic N) is 3. The lowest BCUT2D eigenvalue weighted by molar-refractivity contribution is 0.353. The van der Waals surface area contributed by atoms with Gasteiger partial charge >= 0.3 is 0 Å². The van der Waals surface area contributed by atoms with Gasteiger partial charge in [0.25, 0.3) is 10.2 Å². The van der Waals surface area contributed by atoms with Gasteiger partial charge in [-0.3, -0.25) is 0 Å². The second-order valence-electron chi connectivity index (χ2n) is 5.39. The van der Waals surface area contributed by atoms with E-state index in [1.165, 1.54) is 15.7 Å². The summed E-state index contributed by atoms with van der Waals surface area (Å²) in [5.74, 6) is 0. The van der Waals surface area contributed by atoms with Gasteiger partial charge < -0.3 is 0 Å². The molecule has 0 aromatic heterocycles. The van der Waals surface area contributed by atoms with Gasteiger partial charge in [0.15, 0.2) is 0 Å². The van der Waals surface area contributed by atoms with E-state index in [4.69, 9.17) is 5.26 Å². The lowest BCUT2D eigenvalue weighted by Gasteiger charge is -2.28. The van der Waals surface area contributed by atoms with E-state index in [1.54, 1.807) is 14.0 Å². The molecule has 0 aliphatic heterocycles. The van der Waals surface area contributed by atoms with Crippen molar-refractivity contribution in [2.45, 2.75) is 26.3 Å². The molecule has 120 valence electrons. The molecule has 1 atom stereocenters. The molecule has 0 unspecified atom stereocenters. The Kier molecular flexibility index (Phi) is 6.75. The molecule has 1 aromatic carbocycles. The molecule has 0 saturated heterocycles. The quantitative estimate of drug-likeness (QED) is 0.775. The SMILES string of the molecule is C/C(=C\c1ccccc1)CN(C)S(=O)(=O)N(C)[C@@H](C)CC#N. The van der Waals surface area contributed by atoms with E-state index in [1.807, 2.05) is 49.4 Å². The lowest BCUT2D eigenvalue weighted by atomic mass is 10.1. The molecular formula is C16H23N3O2S.